The zero-order valence-electron chi connectivity index (χ0n) is 16.7. The Labute approximate surface area is 190 Å². The van der Waals surface area contributed by atoms with Gasteiger partial charge in [0.15, 0.2) is 16.4 Å². The van der Waals surface area contributed by atoms with Crippen LogP contribution in [0.5, 0.6) is 5.75 Å². The molecule has 17 heteroatoms. The Morgan fingerprint density at radius 3 is 2.26 bits per heavy atom. The van der Waals surface area contributed by atoms with Gasteiger partial charge in [0.05, 0.1) is 16.8 Å². The smallest absolute Gasteiger partial charge is 0.458 e. The fraction of sp³-hybridized carbons (Fsp3) is 0.412. The molecule has 2 N–H and O–H groups in total. The summed E-state index contributed by atoms with van der Waals surface area (Å²) in [4.78, 5) is 11.8. The van der Waals surface area contributed by atoms with Crippen molar-refractivity contribution in [1.82, 2.24) is 4.98 Å². The van der Waals surface area contributed by atoms with Gasteiger partial charge in [0.25, 0.3) is 0 Å². The van der Waals surface area contributed by atoms with Gasteiger partial charge in [-0.1, -0.05) is 6.92 Å². The van der Waals surface area contributed by atoms with E-state index >= 15 is 0 Å². The van der Waals surface area contributed by atoms with Crippen LogP contribution in [0, 0.1) is 0 Å². The third-order valence-electron chi connectivity index (χ3n) is 4.06. The Kier molecular flexibility index (Phi) is 7.71. The molecule has 0 fully saturated rings. The highest BCUT2D eigenvalue weighted by Gasteiger charge is 2.60. The lowest BCUT2D eigenvalue weighted by atomic mass is 10.2. The van der Waals surface area contributed by atoms with Crippen molar-refractivity contribution in [1.29, 1.82) is 0 Å². The largest absolute Gasteiger partial charge is 0.482 e. The van der Waals surface area contributed by atoms with Crippen molar-refractivity contribution >= 4 is 33.0 Å². The van der Waals surface area contributed by atoms with Gasteiger partial charge in [-0.3, -0.25) is 0 Å². The van der Waals surface area contributed by atoms with E-state index in [0.29, 0.717) is 6.07 Å². The molecule has 0 saturated heterocycles. The molecule has 0 radical (unpaired) electrons. The van der Waals surface area contributed by atoms with Crippen LogP contribution >= 0.6 is 11.3 Å². The number of ether oxygens (including phenoxy) is 1. The second-order valence-electron chi connectivity index (χ2n) is 6.52. The van der Waals surface area contributed by atoms with E-state index < -0.39 is 84.8 Å². The molecule has 2 heterocycles. The molecule has 0 amide bonds. The number of carboxylic acid groups (broad SMARTS) is 1. The zero-order chi connectivity index (χ0) is 26.1. The SMILES string of the molecule is CCS(=O)(=O)c1cc(OCC(F)(F)F)cnc1NCc1cc(C(F)(F)C(F)(F)F)sc1C(=O)O. The standard InChI is InChI=1S/C17H14F8N2O5S2/c1-2-34(30,31)10-4-9(32-7-15(18,19)20)6-27-13(10)26-5-8-3-11(33-12(8)14(28)29)16(21,22)17(23,24)25/h3-4,6H,2,5,7H2,1H3,(H,26,27)(H,28,29). The van der Waals surface area contributed by atoms with E-state index in [-0.39, 0.29) is 11.3 Å². The lowest BCUT2D eigenvalue weighted by Crippen LogP contribution is -2.32. The van der Waals surface area contributed by atoms with Gasteiger partial charge in [0, 0.05) is 12.6 Å². The first-order chi connectivity index (χ1) is 15.4. The number of halogens is 8. The van der Waals surface area contributed by atoms with Crippen LogP contribution in [-0.2, 0) is 22.3 Å². The van der Waals surface area contributed by atoms with Crippen LogP contribution in [0.15, 0.2) is 23.2 Å². The minimum atomic E-state index is -5.99. The van der Waals surface area contributed by atoms with E-state index in [1.54, 1.807) is 0 Å². The summed E-state index contributed by atoms with van der Waals surface area (Å²) in [7, 11) is -4.14. The molecule has 34 heavy (non-hydrogen) atoms. The van der Waals surface area contributed by atoms with Gasteiger partial charge < -0.3 is 15.2 Å². The number of rotatable bonds is 9. The van der Waals surface area contributed by atoms with Gasteiger partial charge in [-0.05, 0) is 11.6 Å². The van der Waals surface area contributed by atoms with Crippen LogP contribution in [0.4, 0.5) is 40.9 Å². The number of carbonyl (C=O) groups is 1. The molecule has 0 saturated carbocycles. The van der Waals surface area contributed by atoms with Crippen molar-refractivity contribution in [2.45, 2.75) is 36.6 Å². The first kappa shape index (κ1) is 27.6. The Balaban J connectivity index is 2.42. The topological polar surface area (TPSA) is 106 Å². The number of sulfone groups is 1. The molecule has 2 rings (SSSR count). The summed E-state index contributed by atoms with van der Waals surface area (Å²) < 4.78 is 131. The highest BCUT2D eigenvalue weighted by molar-refractivity contribution is 7.91. The minimum absolute atomic E-state index is 0.309. The molecule has 0 aliphatic rings. The average Bonchev–Trinajstić information content (AvgIpc) is 3.15. The van der Waals surface area contributed by atoms with E-state index in [2.05, 4.69) is 15.0 Å². The molecule has 2 aromatic rings. The number of hydrogen-bond acceptors (Lipinski definition) is 7. The zero-order valence-corrected chi connectivity index (χ0v) is 18.4. The number of pyridine rings is 1. The van der Waals surface area contributed by atoms with Crippen molar-refractivity contribution in [3.8, 4) is 5.75 Å². The van der Waals surface area contributed by atoms with E-state index in [9.17, 15) is 48.3 Å². The summed E-state index contributed by atoms with van der Waals surface area (Å²) in [6, 6.07) is 1.03. The number of nitrogens with one attached hydrogen (secondary N) is 1. The number of carboxylic acids is 1. The van der Waals surface area contributed by atoms with Crippen molar-refractivity contribution in [2.24, 2.45) is 0 Å². The number of anilines is 1. The predicted molar refractivity (Wildman–Crippen MR) is 102 cm³/mol. The predicted octanol–water partition coefficient (Wildman–Crippen LogP) is 4.84. The lowest BCUT2D eigenvalue weighted by Gasteiger charge is -2.17. The van der Waals surface area contributed by atoms with Gasteiger partial charge in [-0.25, -0.2) is 18.2 Å². The lowest BCUT2D eigenvalue weighted by molar-refractivity contribution is -0.287. The van der Waals surface area contributed by atoms with Crippen LogP contribution in [0.1, 0.15) is 27.0 Å². The molecule has 0 unspecified atom stereocenters. The molecule has 0 aromatic carbocycles. The maximum atomic E-state index is 13.6. The molecule has 190 valence electrons. The average molecular weight is 542 g/mol. The highest BCUT2D eigenvalue weighted by Crippen LogP contribution is 2.47. The molecule has 0 atom stereocenters. The molecule has 0 bridgehead atoms. The van der Waals surface area contributed by atoms with E-state index in [1.807, 2.05) is 0 Å². The second-order valence-corrected chi connectivity index (χ2v) is 9.82. The van der Waals surface area contributed by atoms with E-state index in [4.69, 9.17) is 5.11 Å². The minimum Gasteiger partial charge on any atom is -0.482 e. The molecular weight excluding hydrogens is 528 g/mol. The Morgan fingerprint density at radius 2 is 1.76 bits per heavy atom. The summed E-state index contributed by atoms with van der Waals surface area (Å²) in [6.07, 6.45) is -10.0. The van der Waals surface area contributed by atoms with Gasteiger partial charge in [-0.2, -0.15) is 35.1 Å². The molecule has 0 aliphatic heterocycles. The van der Waals surface area contributed by atoms with E-state index in [1.165, 1.54) is 6.92 Å². The maximum Gasteiger partial charge on any atom is 0.458 e. The van der Waals surface area contributed by atoms with Crippen LogP contribution in [0.25, 0.3) is 0 Å². The van der Waals surface area contributed by atoms with Crippen LogP contribution in [0.2, 0.25) is 0 Å². The summed E-state index contributed by atoms with van der Waals surface area (Å²) in [5.41, 5.74) is -0.532. The summed E-state index contributed by atoms with van der Waals surface area (Å²) in [6.45, 7) is -1.29. The van der Waals surface area contributed by atoms with Crippen molar-refractivity contribution in [3.63, 3.8) is 0 Å². The second kappa shape index (κ2) is 9.52. The van der Waals surface area contributed by atoms with Crippen molar-refractivity contribution < 1.29 is 58.2 Å². The number of aromatic nitrogens is 1. The fourth-order valence-corrected chi connectivity index (χ4v) is 4.45. The molecule has 0 aliphatic carbocycles. The summed E-state index contributed by atoms with van der Waals surface area (Å²) in [5, 5.41) is 11.5. The van der Waals surface area contributed by atoms with Gasteiger partial charge in [0.1, 0.15) is 21.3 Å². The Morgan fingerprint density at radius 1 is 1.15 bits per heavy atom. The first-order valence-electron chi connectivity index (χ1n) is 8.86. The molecule has 2 aromatic heterocycles. The third kappa shape index (κ3) is 6.25. The number of hydrogen-bond donors (Lipinski definition) is 2. The molecular formula is C17H14F8N2O5S2. The quantitative estimate of drug-likeness (QED) is 0.437. The van der Waals surface area contributed by atoms with Crippen molar-refractivity contribution in [3.05, 3.63) is 33.6 Å². The van der Waals surface area contributed by atoms with E-state index in [0.717, 1.165) is 12.3 Å². The molecule has 7 nitrogen and oxygen atoms in total. The molecule has 0 spiro atoms. The Hall–Kier alpha value is -2.69. The van der Waals surface area contributed by atoms with Crippen molar-refractivity contribution in [2.75, 3.05) is 17.7 Å². The maximum absolute atomic E-state index is 13.6. The van der Waals surface area contributed by atoms with Crippen LogP contribution < -0.4 is 10.1 Å². The Bertz CT molecular complexity index is 1160. The first-order valence-corrected chi connectivity index (χ1v) is 11.3. The number of thiophene rings is 1. The number of aromatic carboxylic acids is 1. The third-order valence-corrected chi connectivity index (χ3v) is 7.04. The highest BCUT2D eigenvalue weighted by atomic mass is 32.2. The fourth-order valence-electron chi connectivity index (χ4n) is 2.41. The van der Waals surface area contributed by atoms with Crippen LogP contribution in [0.3, 0.4) is 0 Å². The number of nitrogens with zero attached hydrogens (tertiary/aromatic N) is 1. The summed E-state index contributed by atoms with van der Waals surface area (Å²) in [5.74, 6) is -8.76. The monoisotopic (exact) mass is 542 g/mol. The normalized spacial score (nSPS) is 13.1. The van der Waals surface area contributed by atoms with Gasteiger partial charge >= 0.3 is 24.2 Å². The summed E-state index contributed by atoms with van der Waals surface area (Å²) >= 11 is -0.313. The van der Waals surface area contributed by atoms with Gasteiger partial charge in [-0.15, -0.1) is 11.3 Å². The van der Waals surface area contributed by atoms with Gasteiger partial charge in [0.2, 0.25) is 0 Å². The number of alkyl halides is 8. The van der Waals surface area contributed by atoms with Crippen LogP contribution in [-0.4, -0.2) is 49.2 Å².